The predicted molar refractivity (Wildman–Crippen MR) is 101 cm³/mol. The van der Waals surface area contributed by atoms with Gasteiger partial charge in [0.05, 0.1) is 7.11 Å². The molecule has 2 heterocycles. The number of methoxy groups -OCH3 is 1. The molecule has 124 valence electrons. The first-order valence-corrected chi connectivity index (χ1v) is 8.73. The zero-order chi connectivity index (χ0) is 17.2. The van der Waals surface area contributed by atoms with E-state index in [0.29, 0.717) is 10.8 Å². The van der Waals surface area contributed by atoms with E-state index in [1.165, 1.54) is 11.3 Å². The van der Waals surface area contributed by atoms with E-state index < -0.39 is 0 Å². The highest BCUT2D eigenvalue weighted by molar-refractivity contribution is 7.17. The third kappa shape index (κ3) is 3.26. The van der Waals surface area contributed by atoms with E-state index in [1.54, 1.807) is 11.6 Å². The van der Waals surface area contributed by atoms with Crippen LogP contribution < -0.4 is 4.74 Å². The summed E-state index contributed by atoms with van der Waals surface area (Å²) in [6.07, 6.45) is 3.97. The zero-order valence-electron chi connectivity index (χ0n) is 13.3. The summed E-state index contributed by atoms with van der Waals surface area (Å²) in [6, 6.07) is 15.3. The van der Waals surface area contributed by atoms with Crippen molar-refractivity contribution in [1.29, 1.82) is 0 Å². The molecule has 2 aromatic carbocycles. The summed E-state index contributed by atoms with van der Waals surface area (Å²) in [5, 5.41) is 14.5. The fourth-order valence-corrected chi connectivity index (χ4v) is 3.32. The summed E-state index contributed by atoms with van der Waals surface area (Å²) in [5.74, 6) is 1.51. The van der Waals surface area contributed by atoms with Gasteiger partial charge in [-0.15, -0.1) is 10.2 Å². The molecule has 0 saturated heterocycles. The fraction of sp³-hybridized carbons (Fsp3) is 0.0556. The molecule has 0 atom stereocenters. The highest BCUT2D eigenvalue weighted by atomic mass is 35.5. The zero-order valence-corrected chi connectivity index (χ0v) is 14.8. The van der Waals surface area contributed by atoms with E-state index in [9.17, 15) is 0 Å². The molecule has 0 N–H and O–H groups in total. The molecule has 0 fully saturated rings. The monoisotopic (exact) mass is 368 g/mol. The molecular formula is C18H13ClN4OS. The quantitative estimate of drug-likeness (QED) is 0.524. The van der Waals surface area contributed by atoms with Gasteiger partial charge < -0.3 is 4.74 Å². The molecule has 0 aliphatic rings. The largest absolute Gasteiger partial charge is 0.497 e. The van der Waals surface area contributed by atoms with Crippen LogP contribution in [-0.2, 0) is 0 Å². The van der Waals surface area contributed by atoms with Crippen LogP contribution in [0, 0.1) is 0 Å². The molecule has 0 bridgehead atoms. The number of rotatable bonds is 4. The van der Waals surface area contributed by atoms with E-state index in [1.807, 2.05) is 60.7 Å². The summed E-state index contributed by atoms with van der Waals surface area (Å²) in [6.45, 7) is 0. The Morgan fingerprint density at radius 2 is 1.92 bits per heavy atom. The van der Waals surface area contributed by atoms with Crippen LogP contribution in [0.2, 0.25) is 5.02 Å². The molecule has 7 heteroatoms. The number of fused-ring (bicyclic) bond motifs is 1. The number of hydrogen-bond acceptors (Lipinski definition) is 5. The molecule has 0 aliphatic heterocycles. The van der Waals surface area contributed by atoms with Gasteiger partial charge in [0.25, 0.3) is 0 Å². The van der Waals surface area contributed by atoms with Crippen molar-refractivity contribution in [3.8, 4) is 17.1 Å². The minimum absolute atomic E-state index is 0.657. The number of ether oxygens (including phenoxy) is 1. The summed E-state index contributed by atoms with van der Waals surface area (Å²) in [4.78, 5) is 0.740. The van der Waals surface area contributed by atoms with Crippen LogP contribution >= 0.6 is 22.9 Å². The standard InChI is InChI=1S/C18H13ClN4OS/c1-24-15-8-5-12(6-9-15)7-10-16-22-23-17(20-21-18(23)25-16)13-3-2-4-14(19)11-13/h2-11H,1H3/b10-7-. The Balaban J connectivity index is 1.64. The normalized spacial score (nSPS) is 11.4. The minimum atomic E-state index is 0.657. The number of benzene rings is 2. The molecule has 5 nitrogen and oxygen atoms in total. The van der Waals surface area contributed by atoms with Crippen molar-refractivity contribution in [3.63, 3.8) is 0 Å². The van der Waals surface area contributed by atoms with Crippen LogP contribution in [0.25, 0.3) is 28.5 Å². The molecule has 2 aromatic heterocycles. The van der Waals surface area contributed by atoms with Crippen molar-refractivity contribution in [2.24, 2.45) is 0 Å². The van der Waals surface area contributed by atoms with Gasteiger partial charge in [-0.3, -0.25) is 0 Å². The fourth-order valence-electron chi connectivity index (χ4n) is 2.39. The molecule has 0 spiro atoms. The Morgan fingerprint density at radius 3 is 2.68 bits per heavy atom. The average Bonchev–Trinajstić information content (AvgIpc) is 3.20. The minimum Gasteiger partial charge on any atom is -0.497 e. The lowest BCUT2D eigenvalue weighted by molar-refractivity contribution is 0.415. The first-order valence-electron chi connectivity index (χ1n) is 7.53. The number of aromatic nitrogens is 4. The molecule has 0 unspecified atom stereocenters. The third-order valence-electron chi connectivity index (χ3n) is 3.62. The van der Waals surface area contributed by atoms with E-state index >= 15 is 0 Å². The Kier molecular flexibility index (Phi) is 4.21. The van der Waals surface area contributed by atoms with Crippen molar-refractivity contribution in [1.82, 2.24) is 19.8 Å². The second-order valence-electron chi connectivity index (χ2n) is 5.28. The molecule has 0 radical (unpaired) electrons. The van der Waals surface area contributed by atoms with Crippen LogP contribution in [0.3, 0.4) is 0 Å². The number of hydrogen-bond donors (Lipinski definition) is 0. The van der Waals surface area contributed by atoms with Crippen LogP contribution in [0.4, 0.5) is 0 Å². The molecule has 0 amide bonds. The summed E-state index contributed by atoms with van der Waals surface area (Å²) >= 11 is 7.54. The Bertz CT molecular complexity index is 1050. The van der Waals surface area contributed by atoms with E-state index in [4.69, 9.17) is 16.3 Å². The summed E-state index contributed by atoms with van der Waals surface area (Å²) in [5.41, 5.74) is 1.96. The van der Waals surface area contributed by atoms with Crippen LogP contribution in [-0.4, -0.2) is 26.9 Å². The highest BCUT2D eigenvalue weighted by Crippen LogP contribution is 2.24. The molecule has 25 heavy (non-hydrogen) atoms. The molecule has 0 saturated carbocycles. The highest BCUT2D eigenvalue weighted by Gasteiger charge is 2.12. The van der Waals surface area contributed by atoms with Crippen LogP contribution in [0.1, 0.15) is 10.6 Å². The maximum Gasteiger partial charge on any atom is 0.235 e. The van der Waals surface area contributed by atoms with Gasteiger partial charge >= 0.3 is 0 Å². The van der Waals surface area contributed by atoms with E-state index in [-0.39, 0.29) is 0 Å². The Labute approximate surface area is 153 Å². The van der Waals surface area contributed by atoms with Gasteiger partial charge in [0, 0.05) is 10.6 Å². The number of halogens is 1. The smallest absolute Gasteiger partial charge is 0.235 e. The van der Waals surface area contributed by atoms with Crippen molar-refractivity contribution < 1.29 is 4.74 Å². The van der Waals surface area contributed by atoms with Gasteiger partial charge in [-0.1, -0.05) is 53.3 Å². The Morgan fingerprint density at radius 1 is 1.08 bits per heavy atom. The van der Waals surface area contributed by atoms with Crippen molar-refractivity contribution in [2.75, 3.05) is 7.11 Å². The third-order valence-corrected chi connectivity index (χ3v) is 4.72. The van der Waals surface area contributed by atoms with Crippen LogP contribution in [0.5, 0.6) is 5.75 Å². The first kappa shape index (κ1) is 15.8. The van der Waals surface area contributed by atoms with Crippen LogP contribution in [0.15, 0.2) is 48.5 Å². The topological polar surface area (TPSA) is 52.3 Å². The molecule has 4 rings (SSSR count). The van der Waals surface area contributed by atoms with Gasteiger partial charge in [-0.05, 0) is 35.9 Å². The Hall–Kier alpha value is -2.70. The maximum absolute atomic E-state index is 6.06. The van der Waals surface area contributed by atoms with Gasteiger partial charge in [0.2, 0.25) is 4.96 Å². The first-order chi connectivity index (χ1) is 12.2. The van der Waals surface area contributed by atoms with Crippen molar-refractivity contribution in [2.45, 2.75) is 0 Å². The van der Waals surface area contributed by atoms with Gasteiger partial charge in [-0.2, -0.15) is 9.61 Å². The lowest BCUT2D eigenvalue weighted by Crippen LogP contribution is -1.90. The van der Waals surface area contributed by atoms with Crippen molar-refractivity contribution in [3.05, 3.63) is 64.1 Å². The molecular weight excluding hydrogens is 356 g/mol. The van der Waals surface area contributed by atoms with Gasteiger partial charge in [-0.25, -0.2) is 0 Å². The number of nitrogens with zero attached hydrogens (tertiary/aromatic N) is 4. The average molecular weight is 369 g/mol. The molecule has 0 aliphatic carbocycles. The summed E-state index contributed by atoms with van der Waals surface area (Å²) in [7, 11) is 1.65. The maximum atomic E-state index is 6.06. The lowest BCUT2D eigenvalue weighted by Gasteiger charge is -1.98. The lowest BCUT2D eigenvalue weighted by atomic mass is 10.2. The van der Waals surface area contributed by atoms with E-state index in [2.05, 4.69) is 15.3 Å². The SMILES string of the molecule is COc1ccc(/C=C\c2nn3c(-c4cccc(Cl)c4)nnc3s2)cc1. The summed E-state index contributed by atoms with van der Waals surface area (Å²) < 4.78 is 6.90. The van der Waals surface area contributed by atoms with Gasteiger partial charge in [0.15, 0.2) is 5.82 Å². The van der Waals surface area contributed by atoms with Crippen molar-refractivity contribution >= 4 is 40.1 Å². The van der Waals surface area contributed by atoms with Gasteiger partial charge in [0.1, 0.15) is 10.8 Å². The molecule has 4 aromatic rings. The van der Waals surface area contributed by atoms with E-state index in [0.717, 1.165) is 26.8 Å². The predicted octanol–water partition coefficient (Wildman–Crippen LogP) is 4.69. The second kappa shape index (κ2) is 6.66. The second-order valence-corrected chi connectivity index (χ2v) is 6.70.